The molecule has 0 N–H and O–H groups in total. The molecule has 4 rings (SSSR count). The Morgan fingerprint density at radius 2 is 1.75 bits per heavy atom. The van der Waals surface area contributed by atoms with Gasteiger partial charge < -0.3 is 18.9 Å². The summed E-state index contributed by atoms with van der Waals surface area (Å²) in [6.45, 7) is 0.420. The van der Waals surface area contributed by atoms with Crippen LogP contribution in [0.2, 0.25) is 5.02 Å². The van der Waals surface area contributed by atoms with E-state index in [1.165, 1.54) is 18.2 Å². The lowest BCUT2D eigenvalue weighted by atomic mass is 10.1. The molecule has 0 aromatic heterocycles. The van der Waals surface area contributed by atoms with Gasteiger partial charge in [0.2, 0.25) is 0 Å². The van der Waals surface area contributed by atoms with Crippen LogP contribution in [0.4, 0.5) is 5.69 Å². The van der Waals surface area contributed by atoms with Gasteiger partial charge in [0.25, 0.3) is 5.69 Å². The highest BCUT2D eigenvalue weighted by Gasteiger charge is 2.50. The van der Waals surface area contributed by atoms with Crippen LogP contribution in [0.25, 0.3) is 0 Å². The van der Waals surface area contributed by atoms with Crippen molar-refractivity contribution in [3.8, 4) is 5.75 Å². The molecule has 0 bridgehead atoms. The van der Waals surface area contributed by atoms with E-state index in [1.54, 1.807) is 24.3 Å². The molecule has 9 heteroatoms. The standard InChI is InChI=1S/C19H16ClNO7/c20-13-8-12(21(23)24)6-7-14(13)27-15-9-25-18-16(10-26-17(15)18)28-19(22)11-4-2-1-3-5-11/h1-8,15-18H,9-10H2/t15?,16-,17+,18+/m0/s1. The summed E-state index contributed by atoms with van der Waals surface area (Å²) in [6.07, 6.45) is -1.89. The van der Waals surface area contributed by atoms with Gasteiger partial charge in [0.15, 0.2) is 12.2 Å². The summed E-state index contributed by atoms with van der Waals surface area (Å²) >= 11 is 6.08. The van der Waals surface area contributed by atoms with Gasteiger partial charge in [-0.15, -0.1) is 0 Å². The number of non-ortho nitro benzene ring substituents is 1. The Morgan fingerprint density at radius 3 is 2.43 bits per heavy atom. The third-order valence-corrected chi connectivity index (χ3v) is 4.93. The molecule has 28 heavy (non-hydrogen) atoms. The molecule has 2 heterocycles. The van der Waals surface area contributed by atoms with Gasteiger partial charge in [0.05, 0.1) is 28.7 Å². The largest absolute Gasteiger partial charge is 0.484 e. The van der Waals surface area contributed by atoms with E-state index < -0.39 is 35.3 Å². The van der Waals surface area contributed by atoms with Crippen LogP contribution in [-0.2, 0) is 14.2 Å². The van der Waals surface area contributed by atoms with Gasteiger partial charge in [-0.3, -0.25) is 10.1 Å². The zero-order chi connectivity index (χ0) is 19.7. The molecule has 4 atom stereocenters. The van der Waals surface area contributed by atoms with Crippen molar-refractivity contribution in [1.82, 2.24) is 0 Å². The zero-order valence-corrected chi connectivity index (χ0v) is 15.3. The Labute approximate surface area is 165 Å². The van der Waals surface area contributed by atoms with E-state index in [0.29, 0.717) is 11.3 Å². The molecule has 2 saturated heterocycles. The second kappa shape index (κ2) is 7.75. The highest BCUT2D eigenvalue weighted by molar-refractivity contribution is 6.32. The second-order valence-corrected chi connectivity index (χ2v) is 6.84. The van der Waals surface area contributed by atoms with E-state index >= 15 is 0 Å². The number of esters is 1. The first-order valence-electron chi connectivity index (χ1n) is 8.63. The summed E-state index contributed by atoms with van der Waals surface area (Å²) in [5.41, 5.74) is 0.331. The van der Waals surface area contributed by atoms with Crippen molar-refractivity contribution < 1.29 is 28.7 Å². The number of nitrogens with zero attached hydrogens (tertiary/aromatic N) is 1. The summed E-state index contributed by atoms with van der Waals surface area (Å²) in [5, 5.41) is 10.9. The fraction of sp³-hybridized carbons (Fsp3) is 0.316. The first-order valence-corrected chi connectivity index (χ1v) is 9.00. The molecule has 0 aliphatic carbocycles. The summed E-state index contributed by atoms with van der Waals surface area (Å²) < 4.78 is 22.8. The second-order valence-electron chi connectivity index (χ2n) is 6.43. The van der Waals surface area contributed by atoms with Crippen molar-refractivity contribution in [1.29, 1.82) is 0 Å². The zero-order valence-electron chi connectivity index (χ0n) is 14.5. The van der Waals surface area contributed by atoms with Gasteiger partial charge in [-0.2, -0.15) is 0 Å². The quantitative estimate of drug-likeness (QED) is 0.428. The number of ether oxygens (including phenoxy) is 4. The topological polar surface area (TPSA) is 97.1 Å². The Hall–Kier alpha value is -2.68. The normalized spacial score (nSPS) is 25.9. The Balaban J connectivity index is 1.40. The summed E-state index contributed by atoms with van der Waals surface area (Å²) in [7, 11) is 0. The fourth-order valence-electron chi connectivity index (χ4n) is 3.27. The average Bonchev–Trinajstić information content (AvgIpc) is 3.27. The van der Waals surface area contributed by atoms with Crippen LogP contribution < -0.4 is 4.74 Å². The van der Waals surface area contributed by atoms with E-state index in [4.69, 9.17) is 30.5 Å². The molecule has 0 radical (unpaired) electrons. The summed E-state index contributed by atoms with van der Waals surface area (Å²) in [4.78, 5) is 22.5. The van der Waals surface area contributed by atoms with E-state index in [0.717, 1.165) is 0 Å². The number of fused-ring (bicyclic) bond motifs is 1. The monoisotopic (exact) mass is 405 g/mol. The van der Waals surface area contributed by atoms with Crippen LogP contribution in [0.3, 0.4) is 0 Å². The number of nitro groups is 1. The Bertz CT molecular complexity index is 891. The maximum Gasteiger partial charge on any atom is 0.338 e. The number of hydrogen-bond donors (Lipinski definition) is 0. The van der Waals surface area contributed by atoms with Gasteiger partial charge in [0, 0.05) is 12.1 Å². The lowest BCUT2D eigenvalue weighted by Crippen LogP contribution is -2.36. The smallest absolute Gasteiger partial charge is 0.338 e. The minimum Gasteiger partial charge on any atom is -0.484 e. The van der Waals surface area contributed by atoms with Gasteiger partial charge in [-0.05, 0) is 18.2 Å². The third kappa shape index (κ3) is 3.66. The molecular weight excluding hydrogens is 390 g/mol. The average molecular weight is 406 g/mol. The molecule has 1 unspecified atom stereocenters. The van der Waals surface area contributed by atoms with Crippen LogP contribution in [0.15, 0.2) is 48.5 Å². The summed E-state index contributed by atoms with van der Waals surface area (Å²) in [5.74, 6) is -0.143. The molecule has 0 spiro atoms. The molecule has 2 aliphatic rings. The highest BCUT2D eigenvalue weighted by atomic mass is 35.5. The van der Waals surface area contributed by atoms with Gasteiger partial charge in [-0.25, -0.2) is 4.79 Å². The van der Waals surface area contributed by atoms with Crippen molar-refractivity contribution in [3.05, 3.63) is 69.2 Å². The number of carbonyl (C=O) groups is 1. The van der Waals surface area contributed by atoms with Crippen molar-refractivity contribution >= 4 is 23.3 Å². The first-order chi connectivity index (χ1) is 13.5. The molecule has 2 aliphatic heterocycles. The molecule has 8 nitrogen and oxygen atoms in total. The predicted molar refractivity (Wildman–Crippen MR) is 97.6 cm³/mol. The van der Waals surface area contributed by atoms with E-state index in [-0.39, 0.29) is 23.9 Å². The summed E-state index contributed by atoms with van der Waals surface area (Å²) in [6, 6.07) is 12.7. The molecule has 0 amide bonds. The molecule has 146 valence electrons. The first kappa shape index (κ1) is 18.7. The third-order valence-electron chi connectivity index (χ3n) is 4.64. The Morgan fingerprint density at radius 1 is 1.07 bits per heavy atom. The number of hydrogen-bond acceptors (Lipinski definition) is 7. The van der Waals surface area contributed by atoms with Gasteiger partial charge >= 0.3 is 5.97 Å². The van der Waals surface area contributed by atoms with E-state index in [9.17, 15) is 14.9 Å². The molecular formula is C19H16ClNO7. The van der Waals surface area contributed by atoms with Gasteiger partial charge in [0.1, 0.15) is 18.0 Å². The number of halogens is 1. The van der Waals surface area contributed by atoms with Crippen molar-refractivity contribution in [2.75, 3.05) is 13.2 Å². The number of carbonyl (C=O) groups excluding carboxylic acids is 1. The van der Waals surface area contributed by atoms with Crippen LogP contribution in [0, 0.1) is 10.1 Å². The predicted octanol–water partition coefficient (Wildman–Crippen LogP) is 3.02. The lowest BCUT2D eigenvalue weighted by Gasteiger charge is -2.18. The highest BCUT2D eigenvalue weighted by Crippen LogP contribution is 2.35. The van der Waals surface area contributed by atoms with Crippen molar-refractivity contribution in [2.24, 2.45) is 0 Å². The number of benzene rings is 2. The minimum absolute atomic E-state index is 0.122. The number of nitro benzene ring substituents is 1. The van der Waals surface area contributed by atoms with Crippen LogP contribution in [0.1, 0.15) is 10.4 Å². The molecule has 2 aromatic rings. The number of rotatable bonds is 5. The van der Waals surface area contributed by atoms with Crippen LogP contribution >= 0.6 is 11.6 Å². The lowest BCUT2D eigenvalue weighted by molar-refractivity contribution is -0.384. The van der Waals surface area contributed by atoms with Gasteiger partial charge in [-0.1, -0.05) is 29.8 Å². The maximum atomic E-state index is 12.3. The van der Waals surface area contributed by atoms with Crippen LogP contribution in [-0.4, -0.2) is 48.5 Å². The van der Waals surface area contributed by atoms with Crippen molar-refractivity contribution in [2.45, 2.75) is 24.4 Å². The van der Waals surface area contributed by atoms with Crippen LogP contribution in [0.5, 0.6) is 5.75 Å². The SMILES string of the molecule is O=C(O[C@H]1CO[C@@H]2C(Oc3ccc([N+](=O)[O-])cc3Cl)CO[C@H]12)c1ccccc1. The van der Waals surface area contributed by atoms with E-state index in [2.05, 4.69) is 0 Å². The molecule has 0 saturated carbocycles. The maximum absolute atomic E-state index is 12.3. The van der Waals surface area contributed by atoms with Crippen molar-refractivity contribution in [3.63, 3.8) is 0 Å². The Kier molecular flexibility index (Phi) is 5.17. The van der Waals surface area contributed by atoms with E-state index in [1.807, 2.05) is 6.07 Å². The molecule has 2 fully saturated rings. The minimum atomic E-state index is -0.543. The fourth-order valence-corrected chi connectivity index (χ4v) is 3.49. The molecule has 2 aromatic carbocycles.